The fourth-order valence-corrected chi connectivity index (χ4v) is 4.69. The van der Waals surface area contributed by atoms with Crippen molar-refractivity contribution in [2.75, 3.05) is 33.2 Å². The molecular formula is C29H33N5. The minimum atomic E-state index is 0.921. The number of rotatable bonds is 4. The minimum Gasteiger partial charge on any atom is -0.361 e. The molecule has 1 saturated heterocycles. The minimum absolute atomic E-state index is 0.921. The van der Waals surface area contributed by atoms with Crippen molar-refractivity contribution < 1.29 is 0 Å². The van der Waals surface area contributed by atoms with Crippen molar-refractivity contribution in [3.8, 4) is 22.3 Å². The van der Waals surface area contributed by atoms with E-state index in [1.807, 2.05) is 26.2 Å². The first-order valence-electron chi connectivity index (χ1n) is 12.3. The molecule has 0 aliphatic carbocycles. The van der Waals surface area contributed by atoms with Crippen LogP contribution in [0.5, 0.6) is 0 Å². The van der Waals surface area contributed by atoms with Gasteiger partial charge in [0.2, 0.25) is 0 Å². The Bertz CT molecular complexity index is 1370. The lowest BCUT2D eigenvalue weighted by atomic mass is 10.0. The van der Waals surface area contributed by atoms with Crippen molar-refractivity contribution in [1.29, 1.82) is 0 Å². The molecule has 5 nitrogen and oxygen atoms in total. The van der Waals surface area contributed by atoms with E-state index in [-0.39, 0.29) is 0 Å². The fourth-order valence-electron chi connectivity index (χ4n) is 4.69. The largest absolute Gasteiger partial charge is 0.361 e. The monoisotopic (exact) mass is 451 g/mol. The quantitative estimate of drug-likeness (QED) is 0.344. The van der Waals surface area contributed by atoms with Crippen LogP contribution < -0.4 is 0 Å². The number of hydrogen-bond donors (Lipinski definition) is 2. The molecule has 5 heteroatoms. The van der Waals surface area contributed by atoms with Gasteiger partial charge in [-0.1, -0.05) is 44.2 Å². The SMILES string of the molecule is CC.CN1CCN(Cc2ccc(-c3cnc4[nH]cc(-c5ccc6[nH]ccc6c5)c4c3)cc2)CC1. The number of piperazine rings is 1. The molecule has 3 aromatic heterocycles. The molecule has 2 N–H and O–H groups in total. The standard InChI is InChI=1S/C27H27N5.C2H6/c1-31-10-12-32(13-11-31)18-19-2-4-20(5-3-19)23-15-24-25(17-30-27(24)29-16-23)21-6-7-26-22(14-21)8-9-28-26;1-2/h2-9,14-17,28H,10-13,18H2,1H3,(H,29,30);1-2H3. The third kappa shape index (κ3) is 4.49. The van der Waals surface area contributed by atoms with Gasteiger partial charge in [0, 0.05) is 73.3 Å². The van der Waals surface area contributed by atoms with Gasteiger partial charge in [-0.05, 0) is 53.4 Å². The van der Waals surface area contributed by atoms with E-state index in [1.54, 1.807) is 0 Å². The van der Waals surface area contributed by atoms with Gasteiger partial charge in [-0.3, -0.25) is 4.90 Å². The lowest BCUT2D eigenvalue weighted by Crippen LogP contribution is -2.43. The summed E-state index contributed by atoms with van der Waals surface area (Å²) in [5, 5.41) is 2.37. The summed E-state index contributed by atoms with van der Waals surface area (Å²) in [6, 6.07) is 19.9. The molecule has 34 heavy (non-hydrogen) atoms. The van der Waals surface area contributed by atoms with Crippen LogP contribution in [-0.4, -0.2) is 58.0 Å². The van der Waals surface area contributed by atoms with E-state index < -0.39 is 0 Å². The molecule has 2 aromatic carbocycles. The molecule has 5 aromatic rings. The summed E-state index contributed by atoms with van der Waals surface area (Å²) in [6.45, 7) is 9.61. The Balaban J connectivity index is 0.00000117. The van der Waals surface area contributed by atoms with Gasteiger partial charge in [0.25, 0.3) is 0 Å². The maximum absolute atomic E-state index is 4.70. The second-order valence-corrected chi connectivity index (χ2v) is 8.88. The lowest BCUT2D eigenvalue weighted by molar-refractivity contribution is 0.148. The maximum atomic E-state index is 4.70. The highest BCUT2D eigenvalue weighted by molar-refractivity contribution is 5.98. The summed E-state index contributed by atoms with van der Waals surface area (Å²) in [5.74, 6) is 0. The smallest absolute Gasteiger partial charge is 0.137 e. The van der Waals surface area contributed by atoms with E-state index in [0.717, 1.165) is 54.8 Å². The first kappa shape index (κ1) is 22.4. The second kappa shape index (κ2) is 9.84. The lowest BCUT2D eigenvalue weighted by Gasteiger charge is -2.32. The van der Waals surface area contributed by atoms with Gasteiger partial charge >= 0.3 is 0 Å². The molecule has 0 radical (unpaired) electrons. The molecule has 0 bridgehead atoms. The first-order valence-corrected chi connectivity index (χ1v) is 12.3. The second-order valence-electron chi connectivity index (χ2n) is 8.88. The Morgan fingerprint density at radius 1 is 0.824 bits per heavy atom. The molecular weight excluding hydrogens is 418 g/mol. The van der Waals surface area contributed by atoms with Gasteiger partial charge in [0.05, 0.1) is 0 Å². The number of likely N-dealkylation sites (N-methyl/N-ethyl adjacent to an activating group) is 1. The predicted octanol–water partition coefficient (Wildman–Crippen LogP) is 6.15. The number of aromatic amines is 2. The van der Waals surface area contributed by atoms with Crippen molar-refractivity contribution in [2.45, 2.75) is 20.4 Å². The van der Waals surface area contributed by atoms with Crippen molar-refractivity contribution in [2.24, 2.45) is 0 Å². The Morgan fingerprint density at radius 2 is 1.59 bits per heavy atom. The third-order valence-electron chi connectivity index (χ3n) is 6.68. The number of nitrogens with one attached hydrogen (secondary N) is 2. The number of nitrogens with zero attached hydrogens (tertiary/aromatic N) is 3. The zero-order valence-electron chi connectivity index (χ0n) is 20.3. The van der Waals surface area contributed by atoms with Crippen molar-refractivity contribution in [3.05, 3.63) is 78.8 Å². The molecule has 1 aliphatic rings. The summed E-state index contributed by atoms with van der Waals surface area (Å²) in [7, 11) is 2.20. The summed E-state index contributed by atoms with van der Waals surface area (Å²) < 4.78 is 0. The molecule has 0 saturated carbocycles. The highest BCUT2D eigenvalue weighted by Crippen LogP contribution is 2.32. The number of H-pyrrole nitrogens is 2. The van der Waals surface area contributed by atoms with Gasteiger partial charge in [-0.2, -0.15) is 0 Å². The van der Waals surface area contributed by atoms with Crippen molar-refractivity contribution in [1.82, 2.24) is 24.8 Å². The number of aromatic nitrogens is 3. The highest BCUT2D eigenvalue weighted by Gasteiger charge is 2.14. The Kier molecular flexibility index (Phi) is 6.48. The van der Waals surface area contributed by atoms with Crippen LogP contribution >= 0.6 is 0 Å². The number of fused-ring (bicyclic) bond motifs is 2. The predicted molar refractivity (Wildman–Crippen MR) is 143 cm³/mol. The van der Waals surface area contributed by atoms with Crippen LogP contribution in [0.25, 0.3) is 44.2 Å². The van der Waals surface area contributed by atoms with Gasteiger partial charge in [-0.15, -0.1) is 0 Å². The first-order chi connectivity index (χ1) is 16.7. The van der Waals surface area contributed by atoms with Crippen LogP contribution in [0.4, 0.5) is 0 Å². The fraction of sp³-hybridized carbons (Fsp3) is 0.276. The number of benzene rings is 2. The van der Waals surface area contributed by atoms with E-state index in [1.165, 1.54) is 27.6 Å². The van der Waals surface area contributed by atoms with Crippen molar-refractivity contribution >= 4 is 21.9 Å². The van der Waals surface area contributed by atoms with Gasteiger partial charge in [0.1, 0.15) is 5.65 Å². The topological polar surface area (TPSA) is 50.9 Å². The van der Waals surface area contributed by atoms with Crippen LogP contribution in [0, 0.1) is 0 Å². The number of hydrogen-bond acceptors (Lipinski definition) is 3. The Labute approximate surface area is 201 Å². The van der Waals surface area contributed by atoms with Crippen LogP contribution in [0.1, 0.15) is 19.4 Å². The van der Waals surface area contributed by atoms with Gasteiger partial charge in [-0.25, -0.2) is 4.98 Å². The van der Waals surface area contributed by atoms with E-state index in [0.29, 0.717) is 0 Å². The summed E-state index contributed by atoms with van der Waals surface area (Å²) in [6.07, 6.45) is 6.01. The van der Waals surface area contributed by atoms with E-state index in [2.05, 4.69) is 87.6 Å². The number of pyridine rings is 1. The molecule has 6 rings (SSSR count). The van der Waals surface area contributed by atoms with Crippen molar-refractivity contribution in [3.63, 3.8) is 0 Å². The summed E-state index contributed by atoms with van der Waals surface area (Å²) in [5.41, 5.74) is 8.18. The van der Waals surface area contributed by atoms with Crippen LogP contribution in [-0.2, 0) is 6.54 Å². The molecule has 1 fully saturated rings. The average molecular weight is 452 g/mol. The average Bonchev–Trinajstić information content (AvgIpc) is 3.53. The zero-order valence-corrected chi connectivity index (χ0v) is 20.3. The zero-order chi connectivity index (χ0) is 23.5. The molecule has 1 aliphatic heterocycles. The van der Waals surface area contributed by atoms with Crippen LogP contribution in [0.15, 0.2) is 73.2 Å². The Morgan fingerprint density at radius 3 is 2.38 bits per heavy atom. The van der Waals surface area contributed by atoms with Crippen LogP contribution in [0.3, 0.4) is 0 Å². The van der Waals surface area contributed by atoms with E-state index in [9.17, 15) is 0 Å². The third-order valence-corrected chi connectivity index (χ3v) is 6.68. The van der Waals surface area contributed by atoms with E-state index in [4.69, 9.17) is 4.98 Å². The normalized spacial score (nSPS) is 14.9. The Hall–Kier alpha value is -3.41. The van der Waals surface area contributed by atoms with Gasteiger partial charge in [0.15, 0.2) is 0 Å². The summed E-state index contributed by atoms with van der Waals surface area (Å²) in [4.78, 5) is 16.2. The summed E-state index contributed by atoms with van der Waals surface area (Å²) >= 11 is 0. The molecule has 174 valence electrons. The van der Waals surface area contributed by atoms with E-state index >= 15 is 0 Å². The van der Waals surface area contributed by atoms with Gasteiger partial charge < -0.3 is 14.9 Å². The molecule has 0 amide bonds. The molecule has 0 spiro atoms. The molecule has 0 unspecified atom stereocenters. The maximum Gasteiger partial charge on any atom is 0.137 e. The molecule has 0 atom stereocenters. The molecule has 4 heterocycles. The van der Waals surface area contributed by atoms with Crippen LogP contribution in [0.2, 0.25) is 0 Å². The highest BCUT2D eigenvalue weighted by atomic mass is 15.2.